The summed E-state index contributed by atoms with van der Waals surface area (Å²) in [5.74, 6) is -0.221. The third kappa shape index (κ3) is 3.34. The van der Waals surface area contributed by atoms with Crippen LogP contribution in [0.15, 0.2) is 24.3 Å². The molecule has 3 heteroatoms. The van der Waals surface area contributed by atoms with Crippen molar-refractivity contribution in [2.75, 3.05) is 7.11 Å². The number of esters is 1. The van der Waals surface area contributed by atoms with Crippen molar-refractivity contribution >= 4 is 21.9 Å². The zero-order valence-electron chi connectivity index (χ0n) is 9.00. The van der Waals surface area contributed by atoms with Gasteiger partial charge < -0.3 is 4.74 Å². The van der Waals surface area contributed by atoms with Crippen LogP contribution in [0.2, 0.25) is 0 Å². The second-order valence-electron chi connectivity index (χ2n) is 3.32. The molecule has 2 nitrogen and oxygen atoms in total. The lowest BCUT2D eigenvalue weighted by atomic mass is 10.0. The maximum absolute atomic E-state index is 11.2. The Balaban J connectivity index is 2.75. The molecule has 0 bridgehead atoms. The van der Waals surface area contributed by atoms with Crippen LogP contribution in [0.5, 0.6) is 0 Å². The van der Waals surface area contributed by atoms with E-state index in [4.69, 9.17) is 0 Å². The molecule has 0 heterocycles. The van der Waals surface area contributed by atoms with Crippen molar-refractivity contribution in [3.63, 3.8) is 0 Å². The Bertz CT molecular complexity index is 336. The fourth-order valence-corrected chi connectivity index (χ4v) is 2.04. The summed E-state index contributed by atoms with van der Waals surface area (Å²) in [4.78, 5) is 11.0. The molecule has 0 aromatic heterocycles. The van der Waals surface area contributed by atoms with E-state index >= 15 is 0 Å². The van der Waals surface area contributed by atoms with E-state index in [0.717, 1.165) is 6.42 Å². The summed E-state index contributed by atoms with van der Waals surface area (Å²) in [5.41, 5.74) is 2.48. The molecular formula is C12H15BrO2. The summed E-state index contributed by atoms with van der Waals surface area (Å²) >= 11 is 3.33. The molecule has 0 N–H and O–H groups in total. The number of alkyl halides is 1. The first-order valence-corrected chi connectivity index (χ1v) is 5.89. The van der Waals surface area contributed by atoms with Gasteiger partial charge in [0.25, 0.3) is 0 Å². The van der Waals surface area contributed by atoms with Crippen LogP contribution in [-0.4, -0.2) is 17.9 Å². The van der Waals surface area contributed by atoms with E-state index in [0.29, 0.717) is 6.42 Å². The first kappa shape index (κ1) is 12.2. The van der Waals surface area contributed by atoms with E-state index in [9.17, 15) is 4.79 Å². The fraction of sp³-hybridized carbons (Fsp3) is 0.417. The van der Waals surface area contributed by atoms with Gasteiger partial charge in [-0.05, 0) is 24.0 Å². The maximum Gasteiger partial charge on any atom is 0.319 e. The van der Waals surface area contributed by atoms with Crippen LogP contribution in [0.25, 0.3) is 0 Å². The molecule has 1 rings (SSSR count). The van der Waals surface area contributed by atoms with Gasteiger partial charge in [0.05, 0.1) is 7.11 Å². The van der Waals surface area contributed by atoms with Crippen molar-refractivity contribution in [2.45, 2.75) is 24.6 Å². The van der Waals surface area contributed by atoms with Gasteiger partial charge in [0.2, 0.25) is 0 Å². The number of aryl methyl sites for hydroxylation is 1. The minimum Gasteiger partial charge on any atom is -0.468 e. The first-order chi connectivity index (χ1) is 7.19. The van der Waals surface area contributed by atoms with Crippen molar-refractivity contribution < 1.29 is 9.53 Å². The third-order valence-electron chi connectivity index (χ3n) is 2.36. The largest absolute Gasteiger partial charge is 0.468 e. The van der Waals surface area contributed by atoms with Crippen molar-refractivity contribution in [2.24, 2.45) is 0 Å². The normalized spacial score (nSPS) is 12.2. The highest BCUT2D eigenvalue weighted by molar-refractivity contribution is 9.10. The standard InChI is InChI=1S/C12H15BrO2/c1-3-9-6-4-5-7-10(9)8-11(13)12(14)15-2/h4-7,11H,3,8H2,1-2H3. The minimum atomic E-state index is -0.254. The Morgan fingerprint density at radius 3 is 2.53 bits per heavy atom. The van der Waals surface area contributed by atoms with Crippen LogP contribution in [0.3, 0.4) is 0 Å². The molecule has 0 aliphatic heterocycles. The molecular weight excluding hydrogens is 256 g/mol. The van der Waals surface area contributed by atoms with Gasteiger partial charge in [-0.25, -0.2) is 0 Å². The van der Waals surface area contributed by atoms with Crippen molar-refractivity contribution in [3.8, 4) is 0 Å². The Kier molecular flexibility index (Phi) is 4.82. The molecule has 0 fully saturated rings. The second kappa shape index (κ2) is 5.91. The number of rotatable bonds is 4. The Labute approximate surface area is 98.8 Å². The molecule has 0 aliphatic carbocycles. The van der Waals surface area contributed by atoms with Crippen LogP contribution in [0, 0.1) is 0 Å². The number of benzene rings is 1. The summed E-state index contributed by atoms with van der Waals surface area (Å²) < 4.78 is 4.67. The number of ether oxygens (including phenoxy) is 1. The van der Waals surface area contributed by atoms with E-state index in [1.165, 1.54) is 18.2 Å². The molecule has 0 aliphatic rings. The summed E-state index contributed by atoms with van der Waals surface area (Å²) in [6.45, 7) is 2.11. The van der Waals surface area contributed by atoms with Gasteiger partial charge in [-0.3, -0.25) is 4.79 Å². The molecule has 0 saturated heterocycles. The van der Waals surface area contributed by atoms with E-state index in [1.807, 2.05) is 12.1 Å². The number of halogens is 1. The van der Waals surface area contributed by atoms with E-state index in [2.05, 4.69) is 39.7 Å². The van der Waals surface area contributed by atoms with Crippen LogP contribution < -0.4 is 0 Å². The van der Waals surface area contributed by atoms with E-state index in [1.54, 1.807) is 0 Å². The summed E-state index contributed by atoms with van der Waals surface area (Å²) in [6, 6.07) is 8.15. The van der Waals surface area contributed by atoms with Crippen molar-refractivity contribution in [1.82, 2.24) is 0 Å². The van der Waals surface area contributed by atoms with E-state index in [-0.39, 0.29) is 10.8 Å². The smallest absolute Gasteiger partial charge is 0.319 e. The zero-order valence-corrected chi connectivity index (χ0v) is 10.6. The van der Waals surface area contributed by atoms with Gasteiger partial charge >= 0.3 is 5.97 Å². The molecule has 15 heavy (non-hydrogen) atoms. The SMILES string of the molecule is CCc1ccccc1CC(Br)C(=O)OC. The van der Waals surface area contributed by atoms with Crippen LogP contribution in [-0.2, 0) is 22.4 Å². The number of methoxy groups -OCH3 is 1. The second-order valence-corrected chi connectivity index (χ2v) is 4.42. The first-order valence-electron chi connectivity index (χ1n) is 4.97. The minimum absolute atomic E-state index is 0.221. The highest BCUT2D eigenvalue weighted by Gasteiger charge is 2.16. The Morgan fingerprint density at radius 2 is 2.00 bits per heavy atom. The van der Waals surface area contributed by atoms with Crippen molar-refractivity contribution in [3.05, 3.63) is 35.4 Å². The Morgan fingerprint density at radius 1 is 1.40 bits per heavy atom. The molecule has 0 saturated carbocycles. The maximum atomic E-state index is 11.2. The number of carbonyl (C=O) groups excluding carboxylic acids is 1. The highest BCUT2D eigenvalue weighted by Crippen LogP contribution is 2.16. The molecule has 1 aromatic carbocycles. The molecule has 1 atom stereocenters. The van der Waals surface area contributed by atoms with Crippen molar-refractivity contribution in [1.29, 1.82) is 0 Å². The molecule has 82 valence electrons. The van der Waals surface area contributed by atoms with E-state index < -0.39 is 0 Å². The summed E-state index contributed by atoms with van der Waals surface area (Å²) in [6.07, 6.45) is 1.66. The van der Waals surface area contributed by atoms with Gasteiger partial charge in [0, 0.05) is 0 Å². The molecule has 0 amide bonds. The van der Waals surface area contributed by atoms with Gasteiger partial charge in [-0.2, -0.15) is 0 Å². The average molecular weight is 271 g/mol. The van der Waals surface area contributed by atoms with Crippen LogP contribution in [0.1, 0.15) is 18.1 Å². The van der Waals surface area contributed by atoms with Gasteiger partial charge in [-0.1, -0.05) is 47.1 Å². The lowest BCUT2D eigenvalue weighted by molar-refractivity contribution is -0.139. The lowest BCUT2D eigenvalue weighted by Gasteiger charge is -2.10. The van der Waals surface area contributed by atoms with Crippen LogP contribution in [0.4, 0.5) is 0 Å². The summed E-state index contributed by atoms with van der Waals surface area (Å²) in [7, 11) is 1.41. The predicted octanol–water partition coefficient (Wildman–Crippen LogP) is 2.73. The molecule has 1 aromatic rings. The Hall–Kier alpha value is -0.830. The average Bonchev–Trinajstić information content (AvgIpc) is 2.28. The third-order valence-corrected chi connectivity index (χ3v) is 3.05. The highest BCUT2D eigenvalue weighted by atomic mass is 79.9. The molecule has 1 unspecified atom stereocenters. The quantitative estimate of drug-likeness (QED) is 0.621. The zero-order chi connectivity index (χ0) is 11.3. The van der Waals surface area contributed by atoms with Gasteiger partial charge in [-0.15, -0.1) is 0 Å². The van der Waals surface area contributed by atoms with Gasteiger partial charge in [0.1, 0.15) is 4.83 Å². The predicted molar refractivity (Wildman–Crippen MR) is 64.3 cm³/mol. The number of hydrogen-bond donors (Lipinski definition) is 0. The number of carbonyl (C=O) groups is 1. The fourth-order valence-electron chi connectivity index (χ4n) is 1.51. The van der Waals surface area contributed by atoms with Gasteiger partial charge in [0.15, 0.2) is 0 Å². The summed E-state index contributed by atoms with van der Waals surface area (Å²) in [5, 5.41) is 0. The molecule has 0 radical (unpaired) electrons. The lowest BCUT2D eigenvalue weighted by Crippen LogP contribution is -2.18. The number of hydrogen-bond acceptors (Lipinski definition) is 2. The topological polar surface area (TPSA) is 26.3 Å². The van der Waals surface area contributed by atoms with Crippen LogP contribution >= 0.6 is 15.9 Å². The monoisotopic (exact) mass is 270 g/mol. The molecule has 0 spiro atoms.